The summed E-state index contributed by atoms with van der Waals surface area (Å²) >= 11 is 0. The normalized spacial score (nSPS) is 13.9. The van der Waals surface area contributed by atoms with Crippen LogP contribution in [0, 0.1) is 0 Å². The molecular weight excluding hydrogens is 264 g/mol. The molecule has 0 saturated carbocycles. The van der Waals surface area contributed by atoms with Crippen LogP contribution in [-0.4, -0.2) is 23.1 Å². The highest BCUT2D eigenvalue weighted by molar-refractivity contribution is 6.03. The molecule has 1 unspecified atom stereocenters. The lowest BCUT2D eigenvalue weighted by atomic mass is 9.93. The summed E-state index contributed by atoms with van der Waals surface area (Å²) in [5.41, 5.74) is 5.55. The number of amides is 1. The average Bonchev–Trinajstić information content (AvgIpc) is 2.48. The molecule has 21 heavy (non-hydrogen) atoms. The van der Waals surface area contributed by atoms with Gasteiger partial charge in [0.25, 0.3) is 5.91 Å². The molecule has 0 radical (unpaired) electrons. The Morgan fingerprint density at radius 1 is 1.29 bits per heavy atom. The molecule has 0 aliphatic heterocycles. The van der Waals surface area contributed by atoms with Gasteiger partial charge in [-0.3, -0.25) is 4.79 Å². The minimum atomic E-state index is -0.357. The van der Waals surface area contributed by atoms with Gasteiger partial charge in [-0.25, -0.2) is 0 Å². The van der Waals surface area contributed by atoms with E-state index in [1.807, 2.05) is 38.1 Å². The Hall–Kier alpha value is -2.07. The smallest absolute Gasteiger partial charge is 0.255 e. The van der Waals surface area contributed by atoms with E-state index < -0.39 is 0 Å². The molecular formula is C17H22N2O2. The third-order valence-electron chi connectivity index (χ3n) is 4.04. The third-order valence-corrected chi connectivity index (χ3v) is 4.04. The number of nitrogens with two attached hydrogens (primary N) is 1. The predicted molar refractivity (Wildman–Crippen MR) is 85.4 cm³/mol. The molecule has 2 aromatic rings. The quantitative estimate of drug-likeness (QED) is 0.791. The van der Waals surface area contributed by atoms with Gasteiger partial charge in [0.15, 0.2) is 0 Å². The number of nitrogens with one attached hydrogen (secondary N) is 1. The van der Waals surface area contributed by atoms with Gasteiger partial charge >= 0.3 is 0 Å². The van der Waals surface area contributed by atoms with Crippen LogP contribution in [-0.2, 0) is 0 Å². The first-order valence-corrected chi connectivity index (χ1v) is 7.24. The van der Waals surface area contributed by atoms with Crippen molar-refractivity contribution < 1.29 is 9.90 Å². The van der Waals surface area contributed by atoms with Gasteiger partial charge in [-0.1, -0.05) is 37.3 Å². The second kappa shape index (κ2) is 6.14. The number of rotatable bonds is 5. The molecule has 0 saturated heterocycles. The number of fused-ring (bicyclic) bond motifs is 1. The Morgan fingerprint density at radius 3 is 2.67 bits per heavy atom. The van der Waals surface area contributed by atoms with E-state index in [2.05, 4.69) is 5.32 Å². The van der Waals surface area contributed by atoms with Crippen LogP contribution >= 0.6 is 0 Å². The van der Waals surface area contributed by atoms with Crippen LogP contribution in [0.25, 0.3) is 10.8 Å². The van der Waals surface area contributed by atoms with E-state index in [1.54, 1.807) is 12.1 Å². The largest absolute Gasteiger partial charge is 0.506 e. The zero-order chi connectivity index (χ0) is 15.5. The van der Waals surface area contributed by atoms with Gasteiger partial charge in [0.05, 0.1) is 5.56 Å². The summed E-state index contributed by atoms with van der Waals surface area (Å²) in [7, 11) is 0. The van der Waals surface area contributed by atoms with Crippen LogP contribution in [0.5, 0.6) is 5.75 Å². The lowest BCUT2D eigenvalue weighted by molar-refractivity contribution is 0.0897. The SMILES string of the molecule is CCC(C)(CCN)NC(=O)c1ccc2ccccc2c1O. The number of phenols is 1. The van der Waals surface area contributed by atoms with Crippen LogP contribution in [0.3, 0.4) is 0 Å². The summed E-state index contributed by atoms with van der Waals surface area (Å²) in [4.78, 5) is 12.4. The fourth-order valence-corrected chi connectivity index (χ4v) is 2.43. The number of aromatic hydroxyl groups is 1. The number of hydrogen-bond acceptors (Lipinski definition) is 3. The van der Waals surface area contributed by atoms with Gasteiger partial charge in [0, 0.05) is 10.9 Å². The van der Waals surface area contributed by atoms with Crippen molar-refractivity contribution in [3.05, 3.63) is 42.0 Å². The van der Waals surface area contributed by atoms with Crippen LogP contribution in [0.2, 0.25) is 0 Å². The van der Waals surface area contributed by atoms with Crippen LogP contribution in [0.15, 0.2) is 36.4 Å². The van der Waals surface area contributed by atoms with Crippen molar-refractivity contribution >= 4 is 16.7 Å². The Labute approximate surface area is 125 Å². The zero-order valence-electron chi connectivity index (χ0n) is 12.5. The first-order valence-electron chi connectivity index (χ1n) is 7.24. The standard InChI is InChI=1S/C17H22N2O2/c1-3-17(2,10-11-18)19-16(21)14-9-8-12-6-4-5-7-13(12)15(14)20/h4-9,20H,3,10-11,18H2,1-2H3,(H,19,21). The van der Waals surface area contributed by atoms with Crippen molar-refractivity contribution in [3.8, 4) is 5.75 Å². The molecule has 2 aromatic carbocycles. The van der Waals surface area contributed by atoms with Crippen molar-refractivity contribution in [2.24, 2.45) is 5.73 Å². The molecule has 112 valence electrons. The third kappa shape index (κ3) is 3.16. The van der Waals surface area contributed by atoms with E-state index in [4.69, 9.17) is 5.73 Å². The van der Waals surface area contributed by atoms with E-state index in [1.165, 1.54) is 0 Å². The molecule has 4 nitrogen and oxygen atoms in total. The zero-order valence-corrected chi connectivity index (χ0v) is 12.5. The predicted octanol–water partition coefficient (Wildman–Crippen LogP) is 2.79. The molecule has 0 heterocycles. The van der Waals surface area contributed by atoms with Gasteiger partial charge in [0.1, 0.15) is 5.75 Å². The number of benzene rings is 2. The molecule has 0 spiro atoms. The highest BCUT2D eigenvalue weighted by Gasteiger charge is 2.25. The van der Waals surface area contributed by atoms with E-state index in [0.29, 0.717) is 23.9 Å². The summed E-state index contributed by atoms with van der Waals surface area (Å²) in [6, 6.07) is 11.0. The van der Waals surface area contributed by atoms with Crippen LogP contribution in [0.1, 0.15) is 37.0 Å². The van der Waals surface area contributed by atoms with Gasteiger partial charge < -0.3 is 16.2 Å². The second-order valence-corrected chi connectivity index (χ2v) is 5.59. The maximum absolute atomic E-state index is 12.4. The minimum Gasteiger partial charge on any atom is -0.506 e. The number of hydrogen-bond donors (Lipinski definition) is 3. The first-order chi connectivity index (χ1) is 10.0. The molecule has 4 N–H and O–H groups in total. The van der Waals surface area contributed by atoms with E-state index in [9.17, 15) is 9.90 Å². The number of phenolic OH excluding ortho intramolecular Hbond substituents is 1. The van der Waals surface area contributed by atoms with Gasteiger partial charge in [0.2, 0.25) is 0 Å². The van der Waals surface area contributed by atoms with Gasteiger partial charge in [-0.2, -0.15) is 0 Å². The highest BCUT2D eigenvalue weighted by Crippen LogP contribution is 2.29. The number of carbonyl (C=O) groups is 1. The summed E-state index contributed by atoms with van der Waals surface area (Å²) in [5, 5.41) is 14.9. The lowest BCUT2D eigenvalue weighted by Crippen LogP contribution is -2.46. The molecule has 0 aliphatic carbocycles. The second-order valence-electron chi connectivity index (χ2n) is 5.59. The molecule has 0 bridgehead atoms. The maximum Gasteiger partial charge on any atom is 0.255 e. The van der Waals surface area contributed by atoms with Crippen molar-refractivity contribution in [1.29, 1.82) is 0 Å². The van der Waals surface area contributed by atoms with Crippen molar-refractivity contribution in [1.82, 2.24) is 5.32 Å². The number of carbonyl (C=O) groups excluding carboxylic acids is 1. The van der Waals surface area contributed by atoms with Crippen molar-refractivity contribution in [3.63, 3.8) is 0 Å². The topological polar surface area (TPSA) is 75.3 Å². The van der Waals surface area contributed by atoms with Crippen molar-refractivity contribution in [2.75, 3.05) is 6.54 Å². The molecule has 0 aliphatic rings. The minimum absolute atomic E-state index is 0.0248. The van der Waals surface area contributed by atoms with E-state index in [-0.39, 0.29) is 17.2 Å². The Morgan fingerprint density at radius 2 is 2.00 bits per heavy atom. The molecule has 0 fully saturated rings. The molecule has 2 rings (SSSR count). The molecule has 1 atom stereocenters. The Balaban J connectivity index is 2.33. The van der Waals surface area contributed by atoms with Crippen LogP contribution < -0.4 is 11.1 Å². The summed E-state index contributed by atoms with van der Waals surface area (Å²) in [6.07, 6.45) is 1.48. The van der Waals surface area contributed by atoms with Gasteiger partial charge in [-0.05, 0) is 37.8 Å². The highest BCUT2D eigenvalue weighted by atomic mass is 16.3. The fourth-order valence-electron chi connectivity index (χ4n) is 2.43. The van der Waals surface area contributed by atoms with E-state index in [0.717, 1.165) is 11.8 Å². The summed E-state index contributed by atoms with van der Waals surface area (Å²) in [6.45, 7) is 4.49. The fraction of sp³-hybridized carbons (Fsp3) is 0.353. The first kappa shape index (κ1) is 15.3. The molecule has 1 amide bonds. The maximum atomic E-state index is 12.4. The lowest BCUT2D eigenvalue weighted by Gasteiger charge is -2.29. The summed E-state index contributed by atoms with van der Waals surface area (Å²) < 4.78 is 0. The summed E-state index contributed by atoms with van der Waals surface area (Å²) in [5.74, 6) is -0.243. The molecule has 4 heteroatoms. The van der Waals surface area contributed by atoms with Crippen molar-refractivity contribution in [2.45, 2.75) is 32.2 Å². The monoisotopic (exact) mass is 286 g/mol. The van der Waals surface area contributed by atoms with Gasteiger partial charge in [-0.15, -0.1) is 0 Å². The average molecular weight is 286 g/mol. The molecule has 0 aromatic heterocycles. The Kier molecular flexibility index (Phi) is 4.48. The van der Waals surface area contributed by atoms with E-state index >= 15 is 0 Å². The van der Waals surface area contributed by atoms with Crippen LogP contribution in [0.4, 0.5) is 0 Å². The Bertz CT molecular complexity index is 654.